The molecule has 0 saturated heterocycles. The Balaban J connectivity index is 1.79. The molecule has 3 rings (SSSR count). The highest BCUT2D eigenvalue weighted by Gasteiger charge is 2.08. The number of nitrogens with zero attached hydrogens (tertiary/aromatic N) is 2. The van der Waals surface area contributed by atoms with Gasteiger partial charge in [-0.25, -0.2) is 4.98 Å². The molecule has 1 aromatic heterocycles. The summed E-state index contributed by atoms with van der Waals surface area (Å²) in [4.78, 5) is 4.49. The maximum absolute atomic E-state index is 5.35. The van der Waals surface area contributed by atoms with Crippen LogP contribution in [0.1, 0.15) is 5.56 Å². The molecule has 0 amide bonds. The van der Waals surface area contributed by atoms with E-state index in [1.54, 1.807) is 21.3 Å². The molecule has 5 heteroatoms. The van der Waals surface area contributed by atoms with E-state index >= 15 is 0 Å². The Kier molecular flexibility index (Phi) is 4.70. The third kappa shape index (κ3) is 3.35. The van der Waals surface area contributed by atoms with E-state index in [0.29, 0.717) is 11.5 Å². The van der Waals surface area contributed by atoms with Crippen LogP contribution in [0.15, 0.2) is 55.0 Å². The van der Waals surface area contributed by atoms with Gasteiger partial charge >= 0.3 is 0 Å². The van der Waals surface area contributed by atoms with Crippen molar-refractivity contribution in [2.75, 3.05) is 21.3 Å². The van der Waals surface area contributed by atoms with Gasteiger partial charge in [0.2, 0.25) is 0 Å². The van der Waals surface area contributed by atoms with Crippen LogP contribution in [-0.4, -0.2) is 30.9 Å². The number of hydrogen-bond donors (Lipinski definition) is 0. The van der Waals surface area contributed by atoms with Crippen LogP contribution in [0, 0.1) is 0 Å². The molecule has 1 heterocycles. The van der Waals surface area contributed by atoms with Gasteiger partial charge in [-0.1, -0.05) is 12.1 Å². The molecular formula is C19H20N2O3. The molecule has 3 aromatic rings. The van der Waals surface area contributed by atoms with Crippen molar-refractivity contribution in [3.63, 3.8) is 0 Å². The van der Waals surface area contributed by atoms with Gasteiger partial charge in [0.25, 0.3) is 0 Å². The Morgan fingerprint density at radius 3 is 2.29 bits per heavy atom. The quantitative estimate of drug-likeness (QED) is 0.695. The van der Waals surface area contributed by atoms with Gasteiger partial charge in [0, 0.05) is 18.3 Å². The fraction of sp³-hybridized carbons (Fsp3) is 0.211. The van der Waals surface area contributed by atoms with E-state index in [1.807, 2.05) is 47.4 Å². The molecule has 5 nitrogen and oxygen atoms in total. The molecule has 24 heavy (non-hydrogen) atoms. The Morgan fingerprint density at radius 1 is 0.875 bits per heavy atom. The highest BCUT2D eigenvalue weighted by molar-refractivity contribution is 5.63. The van der Waals surface area contributed by atoms with E-state index in [4.69, 9.17) is 14.2 Å². The number of ether oxygens (including phenoxy) is 3. The van der Waals surface area contributed by atoms with Crippen molar-refractivity contribution in [2.24, 2.45) is 0 Å². The van der Waals surface area contributed by atoms with Gasteiger partial charge in [-0.05, 0) is 35.9 Å². The minimum Gasteiger partial charge on any atom is -0.497 e. The molecule has 0 aliphatic rings. The summed E-state index contributed by atoms with van der Waals surface area (Å²) in [5.41, 5.74) is 3.07. The predicted molar refractivity (Wildman–Crippen MR) is 92.9 cm³/mol. The van der Waals surface area contributed by atoms with Crippen LogP contribution in [0.5, 0.6) is 17.2 Å². The van der Waals surface area contributed by atoms with Gasteiger partial charge in [-0.2, -0.15) is 0 Å². The van der Waals surface area contributed by atoms with E-state index in [0.717, 1.165) is 23.6 Å². The Labute approximate surface area is 141 Å². The van der Waals surface area contributed by atoms with Crippen molar-refractivity contribution in [3.05, 3.63) is 60.6 Å². The first-order valence-corrected chi connectivity index (χ1v) is 7.60. The first-order valence-electron chi connectivity index (χ1n) is 7.60. The van der Waals surface area contributed by atoms with Gasteiger partial charge in [0.1, 0.15) is 5.75 Å². The topological polar surface area (TPSA) is 45.5 Å². The Bertz CT molecular complexity index is 810. The molecule has 0 atom stereocenters. The number of rotatable bonds is 6. The first-order chi connectivity index (χ1) is 11.7. The molecule has 0 bridgehead atoms. The van der Waals surface area contributed by atoms with E-state index in [2.05, 4.69) is 17.1 Å². The summed E-state index contributed by atoms with van der Waals surface area (Å²) in [6, 6.07) is 13.8. The van der Waals surface area contributed by atoms with E-state index < -0.39 is 0 Å². The van der Waals surface area contributed by atoms with Gasteiger partial charge in [0.15, 0.2) is 11.5 Å². The van der Waals surface area contributed by atoms with Crippen molar-refractivity contribution in [1.82, 2.24) is 9.55 Å². The normalized spacial score (nSPS) is 10.5. The van der Waals surface area contributed by atoms with Crippen molar-refractivity contribution in [2.45, 2.75) is 6.54 Å². The number of aromatic nitrogens is 2. The summed E-state index contributed by atoms with van der Waals surface area (Å²) < 4.78 is 17.9. The lowest BCUT2D eigenvalue weighted by atomic mass is 10.1. The third-order valence-electron chi connectivity index (χ3n) is 3.84. The van der Waals surface area contributed by atoms with Crippen molar-refractivity contribution in [1.29, 1.82) is 0 Å². The van der Waals surface area contributed by atoms with Crippen LogP contribution in [0.25, 0.3) is 11.3 Å². The maximum atomic E-state index is 5.35. The summed E-state index contributed by atoms with van der Waals surface area (Å²) in [7, 11) is 4.92. The summed E-state index contributed by atoms with van der Waals surface area (Å²) >= 11 is 0. The van der Waals surface area contributed by atoms with E-state index in [-0.39, 0.29) is 0 Å². The second-order valence-corrected chi connectivity index (χ2v) is 5.35. The summed E-state index contributed by atoms with van der Waals surface area (Å²) in [6.45, 7) is 0.754. The number of hydrogen-bond acceptors (Lipinski definition) is 4. The predicted octanol–water partition coefficient (Wildman–Crippen LogP) is 3.62. The van der Waals surface area contributed by atoms with Crippen molar-refractivity contribution < 1.29 is 14.2 Å². The van der Waals surface area contributed by atoms with Gasteiger partial charge in [-0.3, -0.25) is 0 Å². The highest BCUT2D eigenvalue weighted by Crippen LogP contribution is 2.31. The molecule has 0 fully saturated rings. The number of imidazole rings is 1. The van der Waals surface area contributed by atoms with Crippen LogP contribution in [-0.2, 0) is 6.54 Å². The molecule has 124 valence electrons. The van der Waals surface area contributed by atoms with Crippen LogP contribution >= 0.6 is 0 Å². The fourth-order valence-electron chi connectivity index (χ4n) is 2.53. The highest BCUT2D eigenvalue weighted by atomic mass is 16.5. The molecule has 0 saturated carbocycles. The monoisotopic (exact) mass is 324 g/mol. The zero-order valence-electron chi connectivity index (χ0n) is 14.0. The average Bonchev–Trinajstić information content (AvgIpc) is 3.10. The first kappa shape index (κ1) is 15.9. The number of methoxy groups -OCH3 is 3. The number of benzene rings is 2. The lowest BCUT2D eigenvalue weighted by Gasteiger charge is -2.08. The second-order valence-electron chi connectivity index (χ2n) is 5.35. The molecule has 0 radical (unpaired) electrons. The van der Waals surface area contributed by atoms with Crippen LogP contribution in [0.4, 0.5) is 0 Å². The average molecular weight is 324 g/mol. The van der Waals surface area contributed by atoms with Crippen molar-refractivity contribution in [3.8, 4) is 28.5 Å². The lowest BCUT2D eigenvalue weighted by molar-refractivity contribution is 0.355. The molecule has 0 aliphatic carbocycles. The SMILES string of the molecule is COc1ccc(Cn2cnc(-c3ccc(OC)c(OC)c3)c2)cc1. The minimum absolute atomic E-state index is 0.694. The third-order valence-corrected chi connectivity index (χ3v) is 3.84. The zero-order valence-corrected chi connectivity index (χ0v) is 14.0. The zero-order chi connectivity index (χ0) is 16.9. The fourth-order valence-corrected chi connectivity index (χ4v) is 2.53. The van der Waals surface area contributed by atoms with E-state index in [9.17, 15) is 0 Å². The van der Waals surface area contributed by atoms with Crippen LogP contribution in [0.2, 0.25) is 0 Å². The second kappa shape index (κ2) is 7.08. The Morgan fingerprint density at radius 2 is 1.62 bits per heavy atom. The minimum atomic E-state index is 0.694. The molecule has 0 unspecified atom stereocenters. The Hall–Kier alpha value is -2.95. The van der Waals surface area contributed by atoms with Crippen LogP contribution < -0.4 is 14.2 Å². The smallest absolute Gasteiger partial charge is 0.161 e. The molecule has 0 aliphatic heterocycles. The molecular weight excluding hydrogens is 304 g/mol. The lowest BCUT2D eigenvalue weighted by Crippen LogP contribution is -1.96. The summed E-state index contributed by atoms with van der Waals surface area (Å²) in [5.74, 6) is 2.26. The van der Waals surface area contributed by atoms with Gasteiger partial charge in [0.05, 0.1) is 33.4 Å². The maximum Gasteiger partial charge on any atom is 0.161 e. The van der Waals surface area contributed by atoms with Crippen molar-refractivity contribution >= 4 is 0 Å². The molecule has 0 spiro atoms. The standard InChI is InChI=1S/C19H20N2O3/c1-22-16-7-4-14(5-8-16)11-21-12-17(20-13-21)15-6-9-18(23-2)19(10-15)24-3/h4-10,12-13H,11H2,1-3H3. The van der Waals surface area contributed by atoms with Crippen LogP contribution in [0.3, 0.4) is 0 Å². The molecule has 2 aromatic carbocycles. The molecule has 0 N–H and O–H groups in total. The van der Waals surface area contributed by atoms with Gasteiger partial charge in [-0.15, -0.1) is 0 Å². The van der Waals surface area contributed by atoms with E-state index in [1.165, 1.54) is 5.56 Å². The summed E-state index contributed by atoms with van der Waals surface area (Å²) in [5, 5.41) is 0. The largest absolute Gasteiger partial charge is 0.497 e. The summed E-state index contributed by atoms with van der Waals surface area (Å²) in [6.07, 6.45) is 3.85. The van der Waals surface area contributed by atoms with Gasteiger partial charge < -0.3 is 18.8 Å².